The maximum Gasteiger partial charge on any atom is 0.132 e. The molecule has 0 aromatic carbocycles. The fourth-order valence-electron chi connectivity index (χ4n) is 2.29. The molecule has 1 rings (SSSR count). The Balaban J connectivity index is 2.21. The van der Waals surface area contributed by atoms with Gasteiger partial charge < -0.3 is 25.2 Å². The molecular formula is C14H28O5S. The standard InChI is InChI=1S/C14H28O5S/c1-2-3-4-5-6-7-8-20-14-13(18)12(17)11(16)10(9-15)19-14/h10-18H,2-9H2,1H3/t10-,11-,12+,13+,14-/m0/s1. The lowest BCUT2D eigenvalue weighted by Gasteiger charge is -2.39. The molecular weight excluding hydrogens is 280 g/mol. The summed E-state index contributed by atoms with van der Waals surface area (Å²) in [6.45, 7) is 1.83. The maximum atomic E-state index is 9.86. The first-order valence-electron chi connectivity index (χ1n) is 7.54. The van der Waals surface area contributed by atoms with Crippen molar-refractivity contribution in [3.63, 3.8) is 0 Å². The van der Waals surface area contributed by atoms with Gasteiger partial charge in [0, 0.05) is 0 Å². The van der Waals surface area contributed by atoms with Crippen LogP contribution in [0.15, 0.2) is 0 Å². The van der Waals surface area contributed by atoms with Gasteiger partial charge in [0.2, 0.25) is 0 Å². The van der Waals surface area contributed by atoms with E-state index in [0.717, 1.165) is 18.6 Å². The average molecular weight is 308 g/mol. The van der Waals surface area contributed by atoms with Crippen LogP contribution in [-0.2, 0) is 4.74 Å². The molecule has 120 valence electrons. The molecule has 0 bridgehead atoms. The van der Waals surface area contributed by atoms with Crippen molar-refractivity contribution in [2.75, 3.05) is 12.4 Å². The van der Waals surface area contributed by atoms with Crippen LogP contribution >= 0.6 is 11.8 Å². The van der Waals surface area contributed by atoms with Crippen molar-refractivity contribution in [3.05, 3.63) is 0 Å². The van der Waals surface area contributed by atoms with Crippen molar-refractivity contribution < 1.29 is 25.2 Å². The maximum absolute atomic E-state index is 9.86. The summed E-state index contributed by atoms with van der Waals surface area (Å²) < 4.78 is 5.43. The van der Waals surface area contributed by atoms with Gasteiger partial charge in [0.05, 0.1) is 6.61 Å². The molecule has 0 unspecified atom stereocenters. The average Bonchev–Trinajstić information content (AvgIpc) is 2.46. The zero-order valence-corrected chi connectivity index (χ0v) is 13.0. The summed E-state index contributed by atoms with van der Waals surface area (Å²) in [6.07, 6.45) is 2.77. The van der Waals surface area contributed by atoms with E-state index < -0.39 is 29.9 Å². The van der Waals surface area contributed by atoms with Crippen LogP contribution < -0.4 is 0 Å². The Morgan fingerprint density at radius 1 is 0.900 bits per heavy atom. The second-order valence-corrected chi connectivity index (χ2v) is 6.54. The van der Waals surface area contributed by atoms with Crippen molar-refractivity contribution in [2.24, 2.45) is 0 Å². The molecule has 0 spiro atoms. The second-order valence-electron chi connectivity index (χ2n) is 5.34. The van der Waals surface area contributed by atoms with Crippen LogP contribution in [0.5, 0.6) is 0 Å². The number of unbranched alkanes of at least 4 members (excludes halogenated alkanes) is 5. The Morgan fingerprint density at radius 3 is 2.20 bits per heavy atom. The van der Waals surface area contributed by atoms with Crippen LogP contribution in [0.1, 0.15) is 45.4 Å². The molecule has 1 saturated heterocycles. The summed E-state index contributed by atoms with van der Waals surface area (Å²) in [4.78, 5) is 0. The highest BCUT2D eigenvalue weighted by Gasteiger charge is 2.43. The van der Waals surface area contributed by atoms with E-state index in [4.69, 9.17) is 9.84 Å². The number of hydrogen-bond donors (Lipinski definition) is 4. The Hall–Kier alpha value is 0.150. The van der Waals surface area contributed by atoms with Gasteiger partial charge in [-0.25, -0.2) is 0 Å². The number of aliphatic hydroxyl groups is 4. The van der Waals surface area contributed by atoms with E-state index in [1.54, 1.807) is 0 Å². The van der Waals surface area contributed by atoms with Crippen molar-refractivity contribution in [1.29, 1.82) is 0 Å². The van der Waals surface area contributed by atoms with Crippen molar-refractivity contribution in [1.82, 2.24) is 0 Å². The Bertz CT molecular complexity index is 252. The van der Waals surface area contributed by atoms with Gasteiger partial charge >= 0.3 is 0 Å². The zero-order valence-electron chi connectivity index (χ0n) is 12.1. The number of rotatable bonds is 9. The van der Waals surface area contributed by atoms with Gasteiger partial charge in [0.15, 0.2) is 0 Å². The van der Waals surface area contributed by atoms with Crippen molar-refractivity contribution in [2.45, 2.75) is 75.3 Å². The smallest absolute Gasteiger partial charge is 0.132 e. The molecule has 6 heteroatoms. The van der Waals surface area contributed by atoms with Crippen LogP contribution in [0.3, 0.4) is 0 Å². The molecule has 1 aliphatic heterocycles. The normalized spacial score (nSPS) is 34.4. The summed E-state index contributed by atoms with van der Waals surface area (Å²) in [5, 5.41) is 38.3. The summed E-state index contributed by atoms with van der Waals surface area (Å²) in [5.41, 5.74) is -0.582. The molecule has 5 nitrogen and oxygen atoms in total. The van der Waals surface area contributed by atoms with Crippen LogP contribution in [0.4, 0.5) is 0 Å². The minimum absolute atomic E-state index is 0.362. The summed E-state index contributed by atoms with van der Waals surface area (Å²) >= 11 is 1.44. The van der Waals surface area contributed by atoms with Gasteiger partial charge in [-0.3, -0.25) is 0 Å². The monoisotopic (exact) mass is 308 g/mol. The minimum Gasteiger partial charge on any atom is -0.394 e. The minimum atomic E-state index is -1.26. The first-order valence-corrected chi connectivity index (χ1v) is 8.58. The Morgan fingerprint density at radius 2 is 1.55 bits per heavy atom. The van der Waals surface area contributed by atoms with E-state index in [2.05, 4.69) is 6.92 Å². The predicted molar refractivity (Wildman–Crippen MR) is 79.6 cm³/mol. The van der Waals surface area contributed by atoms with Crippen molar-refractivity contribution >= 4 is 11.8 Å². The molecule has 1 fully saturated rings. The zero-order chi connectivity index (χ0) is 15.0. The molecule has 0 aromatic rings. The van der Waals surface area contributed by atoms with Crippen molar-refractivity contribution in [3.8, 4) is 0 Å². The fourth-order valence-corrected chi connectivity index (χ4v) is 3.47. The third-order valence-corrected chi connectivity index (χ3v) is 4.87. The van der Waals surface area contributed by atoms with Gasteiger partial charge in [-0.2, -0.15) is 0 Å². The van der Waals surface area contributed by atoms with E-state index in [1.807, 2.05) is 0 Å². The number of aliphatic hydroxyl groups excluding tert-OH is 4. The SMILES string of the molecule is CCCCCCCCS[C@@H]1O[C@@H](CO)[C@H](O)[C@@H](O)[C@H]1O. The van der Waals surface area contributed by atoms with E-state index >= 15 is 0 Å². The van der Waals surface area contributed by atoms with Crippen LogP contribution in [-0.4, -0.2) is 62.6 Å². The Labute approximate surface area is 125 Å². The van der Waals surface area contributed by atoms with Gasteiger partial charge in [-0.15, -0.1) is 11.8 Å². The topological polar surface area (TPSA) is 90.2 Å². The Kier molecular flexibility index (Phi) is 9.08. The molecule has 0 amide bonds. The van der Waals surface area contributed by atoms with Gasteiger partial charge in [-0.05, 0) is 12.2 Å². The lowest BCUT2D eigenvalue weighted by Crippen LogP contribution is -2.57. The lowest BCUT2D eigenvalue weighted by molar-refractivity contribution is -0.205. The molecule has 1 aliphatic rings. The van der Waals surface area contributed by atoms with E-state index in [-0.39, 0.29) is 6.61 Å². The molecule has 5 atom stereocenters. The fraction of sp³-hybridized carbons (Fsp3) is 1.00. The highest BCUT2D eigenvalue weighted by Crippen LogP contribution is 2.29. The molecule has 4 N–H and O–H groups in total. The number of thioether (sulfide) groups is 1. The van der Waals surface area contributed by atoms with Crippen LogP contribution in [0.2, 0.25) is 0 Å². The van der Waals surface area contributed by atoms with Gasteiger partial charge in [-0.1, -0.05) is 39.0 Å². The quantitative estimate of drug-likeness (QED) is 0.473. The van der Waals surface area contributed by atoms with Gasteiger partial charge in [0.25, 0.3) is 0 Å². The third kappa shape index (κ3) is 5.50. The van der Waals surface area contributed by atoms with Crippen LogP contribution in [0, 0.1) is 0 Å². The molecule has 0 radical (unpaired) electrons. The molecule has 20 heavy (non-hydrogen) atoms. The first-order chi connectivity index (χ1) is 9.61. The van der Waals surface area contributed by atoms with E-state index in [1.165, 1.54) is 37.4 Å². The summed E-state index contributed by atoms with van der Waals surface area (Å²) in [5.74, 6) is 0.842. The highest BCUT2D eigenvalue weighted by atomic mass is 32.2. The molecule has 1 heterocycles. The first kappa shape index (κ1) is 18.2. The highest BCUT2D eigenvalue weighted by molar-refractivity contribution is 7.99. The number of ether oxygens (including phenoxy) is 1. The predicted octanol–water partition coefficient (Wildman–Crippen LogP) is 0.880. The summed E-state index contributed by atoms with van der Waals surface area (Å²) in [6, 6.07) is 0. The largest absolute Gasteiger partial charge is 0.394 e. The molecule has 0 aromatic heterocycles. The molecule has 0 aliphatic carbocycles. The van der Waals surface area contributed by atoms with Crippen LogP contribution in [0.25, 0.3) is 0 Å². The second kappa shape index (κ2) is 9.97. The number of hydrogen-bond acceptors (Lipinski definition) is 6. The van der Waals surface area contributed by atoms with E-state index in [9.17, 15) is 15.3 Å². The van der Waals surface area contributed by atoms with Gasteiger partial charge in [0.1, 0.15) is 29.9 Å². The molecule has 0 saturated carbocycles. The third-order valence-electron chi connectivity index (χ3n) is 3.63. The lowest BCUT2D eigenvalue weighted by atomic mass is 10.0. The summed E-state index contributed by atoms with van der Waals surface area (Å²) in [7, 11) is 0. The van der Waals surface area contributed by atoms with E-state index in [0.29, 0.717) is 0 Å².